The molecule has 1 aromatic heterocycles. The molecule has 0 amide bonds. The monoisotopic (exact) mass is 344 g/mol. The Morgan fingerprint density at radius 2 is 2.00 bits per heavy atom. The quantitative estimate of drug-likeness (QED) is 0.559. The van der Waals surface area contributed by atoms with Crippen LogP contribution in [0.3, 0.4) is 0 Å². The number of benzene rings is 2. The third-order valence-corrected chi connectivity index (χ3v) is 3.89. The zero-order valence-electron chi connectivity index (χ0n) is 13.4. The molecule has 0 atom stereocenters. The highest BCUT2D eigenvalue weighted by Crippen LogP contribution is 2.34. The van der Waals surface area contributed by atoms with Crippen LogP contribution in [0.2, 0.25) is 5.02 Å². The number of fused-ring (bicyclic) bond motifs is 2. The minimum atomic E-state index is -0.313. The lowest BCUT2D eigenvalue weighted by Crippen LogP contribution is -2.17. The van der Waals surface area contributed by atoms with E-state index in [-0.39, 0.29) is 12.5 Å². The van der Waals surface area contributed by atoms with Gasteiger partial charge in [-0.2, -0.15) is 0 Å². The van der Waals surface area contributed by atoms with Crippen molar-refractivity contribution in [2.45, 2.75) is 6.92 Å². The summed E-state index contributed by atoms with van der Waals surface area (Å²) in [5, 5.41) is 5.53. The van der Waals surface area contributed by atoms with E-state index in [1.54, 1.807) is 26.2 Å². The van der Waals surface area contributed by atoms with E-state index in [0.29, 0.717) is 11.6 Å². The van der Waals surface area contributed by atoms with Crippen LogP contribution in [0.5, 0.6) is 5.75 Å². The van der Waals surface area contributed by atoms with Crippen molar-refractivity contribution in [2.75, 3.05) is 25.6 Å². The number of hydrogen-bond acceptors (Lipinski definition) is 5. The molecule has 0 saturated heterocycles. The van der Waals surface area contributed by atoms with Crippen LogP contribution in [0, 0.1) is 0 Å². The predicted molar refractivity (Wildman–Crippen MR) is 95.9 cm³/mol. The number of nitrogens with zero attached hydrogens (tertiary/aromatic N) is 1. The summed E-state index contributed by atoms with van der Waals surface area (Å²) >= 11 is 6.08. The van der Waals surface area contributed by atoms with E-state index in [2.05, 4.69) is 10.3 Å². The van der Waals surface area contributed by atoms with Gasteiger partial charge in [-0.25, -0.2) is 4.98 Å². The maximum atomic E-state index is 11.7. The molecule has 6 heteroatoms. The number of rotatable bonds is 5. The highest BCUT2D eigenvalue weighted by Gasteiger charge is 2.12. The Hall–Kier alpha value is -2.53. The van der Waals surface area contributed by atoms with Gasteiger partial charge in [-0.3, -0.25) is 4.79 Å². The van der Waals surface area contributed by atoms with Crippen LogP contribution in [0.25, 0.3) is 21.8 Å². The molecule has 1 heterocycles. The van der Waals surface area contributed by atoms with Crippen LogP contribution in [0.1, 0.15) is 6.92 Å². The maximum Gasteiger partial charge on any atom is 0.325 e. The van der Waals surface area contributed by atoms with Crippen LogP contribution in [0.15, 0.2) is 36.4 Å². The van der Waals surface area contributed by atoms with Crippen molar-refractivity contribution in [1.29, 1.82) is 0 Å². The molecule has 3 aromatic rings. The molecule has 0 spiro atoms. The van der Waals surface area contributed by atoms with Gasteiger partial charge in [0.2, 0.25) is 0 Å². The van der Waals surface area contributed by atoms with Crippen molar-refractivity contribution in [1.82, 2.24) is 4.98 Å². The summed E-state index contributed by atoms with van der Waals surface area (Å²) in [5.41, 5.74) is 2.35. The number of carbonyl (C=O) groups excluding carboxylic acids is 1. The van der Waals surface area contributed by atoms with Crippen LogP contribution in [-0.2, 0) is 9.53 Å². The third-order valence-electron chi connectivity index (χ3n) is 3.66. The van der Waals surface area contributed by atoms with E-state index in [1.807, 2.05) is 24.3 Å². The Labute approximate surface area is 144 Å². The van der Waals surface area contributed by atoms with E-state index in [4.69, 9.17) is 21.1 Å². The van der Waals surface area contributed by atoms with Gasteiger partial charge in [0.05, 0.1) is 30.4 Å². The van der Waals surface area contributed by atoms with Gasteiger partial charge in [-0.1, -0.05) is 11.6 Å². The summed E-state index contributed by atoms with van der Waals surface area (Å²) in [5.74, 6) is 0.407. The Kier molecular flexibility index (Phi) is 4.71. The zero-order chi connectivity index (χ0) is 17.1. The van der Waals surface area contributed by atoms with Crippen molar-refractivity contribution in [3.05, 3.63) is 41.4 Å². The van der Waals surface area contributed by atoms with Gasteiger partial charge in [-0.15, -0.1) is 0 Å². The lowest BCUT2D eigenvalue weighted by atomic mass is 10.1. The average Bonchev–Trinajstić information content (AvgIpc) is 2.58. The minimum Gasteiger partial charge on any atom is -0.497 e. The van der Waals surface area contributed by atoms with Crippen LogP contribution >= 0.6 is 11.6 Å². The summed E-state index contributed by atoms with van der Waals surface area (Å²) in [6, 6.07) is 11.1. The van der Waals surface area contributed by atoms with Crippen molar-refractivity contribution < 1.29 is 14.3 Å². The summed E-state index contributed by atoms with van der Waals surface area (Å²) in [7, 11) is 1.61. The molecule has 0 radical (unpaired) electrons. The number of anilines is 1. The topological polar surface area (TPSA) is 60.5 Å². The fraction of sp³-hybridized carbons (Fsp3) is 0.222. The van der Waals surface area contributed by atoms with E-state index >= 15 is 0 Å². The minimum absolute atomic E-state index is 0.0713. The van der Waals surface area contributed by atoms with Crippen molar-refractivity contribution in [2.24, 2.45) is 0 Å². The van der Waals surface area contributed by atoms with Gasteiger partial charge >= 0.3 is 5.97 Å². The van der Waals surface area contributed by atoms with Gasteiger partial charge < -0.3 is 14.8 Å². The Bertz CT molecular complexity index is 912. The number of nitrogens with one attached hydrogen (secondary N) is 1. The fourth-order valence-electron chi connectivity index (χ4n) is 2.59. The molecular formula is C18H17ClN2O3. The fourth-order valence-corrected chi connectivity index (χ4v) is 2.75. The second kappa shape index (κ2) is 6.93. The first-order chi connectivity index (χ1) is 11.6. The van der Waals surface area contributed by atoms with Gasteiger partial charge in [0.25, 0.3) is 0 Å². The average molecular weight is 345 g/mol. The molecule has 5 nitrogen and oxygen atoms in total. The summed E-state index contributed by atoms with van der Waals surface area (Å²) in [6.45, 7) is 2.20. The Balaban J connectivity index is 2.16. The second-order valence-corrected chi connectivity index (χ2v) is 5.63. The normalized spacial score (nSPS) is 10.8. The molecule has 2 aromatic carbocycles. The molecule has 124 valence electrons. The number of carbonyl (C=O) groups is 1. The highest BCUT2D eigenvalue weighted by atomic mass is 35.5. The SMILES string of the molecule is CCOC(=O)CNc1c2ccc(Cl)cc2nc2ccc(OC)cc12. The molecule has 0 aliphatic carbocycles. The highest BCUT2D eigenvalue weighted by molar-refractivity contribution is 6.31. The number of esters is 1. The number of halogens is 1. The first-order valence-corrected chi connectivity index (χ1v) is 7.96. The molecular weight excluding hydrogens is 328 g/mol. The summed E-state index contributed by atoms with van der Waals surface area (Å²) < 4.78 is 10.3. The Morgan fingerprint density at radius 3 is 2.75 bits per heavy atom. The number of hydrogen-bond donors (Lipinski definition) is 1. The van der Waals surface area contributed by atoms with Gasteiger partial charge in [0.1, 0.15) is 12.3 Å². The molecule has 0 unspecified atom stereocenters. The zero-order valence-corrected chi connectivity index (χ0v) is 14.2. The second-order valence-electron chi connectivity index (χ2n) is 5.19. The van der Waals surface area contributed by atoms with E-state index in [9.17, 15) is 4.79 Å². The smallest absolute Gasteiger partial charge is 0.325 e. The van der Waals surface area contributed by atoms with E-state index < -0.39 is 0 Å². The molecule has 0 bridgehead atoms. The molecule has 1 N–H and O–H groups in total. The molecule has 0 aliphatic heterocycles. The van der Waals surface area contributed by atoms with Crippen LogP contribution in [-0.4, -0.2) is 31.2 Å². The molecule has 0 fully saturated rings. The van der Waals surface area contributed by atoms with Gasteiger partial charge in [0, 0.05) is 15.8 Å². The molecule has 24 heavy (non-hydrogen) atoms. The van der Waals surface area contributed by atoms with Crippen molar-refractivity contribution in [3.8, 4) is 5.75 Å². The van der Waals surface area contributed by atoms with E-state index in [0.717, 1.165) is 33.2 Å². The first-order valence-electron chi connectivity index (χ1n) is 7.59. The predicted octanol–water partition coefficient (Wildman–Crippen LogP) is 4.03. The number of pyridine rings is 1. The van der Waals surface area contributed by atoms with Crippen molar-refractivity contribution in [3.63, 3.8) is 0 Å². The standard InChI is InChI=1S/C18H17ClN2O3/c1-3-24-17(22)10-20-18-13-6-4-11(19)8-16(13)21-15-7-5-12(23-2)9-14(15)18/h4-9H,3,10H2,1-2H3,(H,20,21). The van der Waals surface area contributed by atoms with Crippen molar-refractivity contribution >= 4 is 45.1 Å². The number of aromatic nitrogens is 1. The van der Waals surface area contributed by atoms with Crippen LogP contribution < -0.4 is 10.1 Å². The molecule has 0 aliphatic rings. The molecule has 3 rings (SSSR count). The Morgan fingerprint density at radius 1 is 1.17 bits per heavy atom. The summed E-state index contributed by atoms with van der Waals surface area (Å²) in [6.07, 6.45) is 0. The van der Waals surface area contributed by atoms with Gasteiger partial charge in [0.15, 0.2) is 0 Å². The van der Waals surface area contributed by atoms with Crippen LogP contribution in [0.4, 0.5) is 5.69 Å². The van der Waals surface area contributed by atoms with Gasteiger partial charge in [-0.05, 0) is 43.3 Å². The van der Waals surface area contributed by atoms with E-state index in [1.165, 1.54) is 0 Å². The third kappa shape index (κ3) is 3.21. The maximum absolute atomic E-state index is 11.7. The number of ether oxygens (including phenoxy) is 2. The largest absolute Gasteiger partial charge is 0.497 e. The lowest BCUT2D eigenvalue weighted by molar-refractivity contribution is -0.140. The number of methoxy groups -OCH3 is 1. The first kappa shape index (κ1) is 16.3. The summed E-state index contributed by atoms with van der Waals surface area (Å²) in [4.78, 5) is 16.4. The lowest BCUT2D eigenvalue weighted by Gasteiger charge is -2.14. The molecule has 0 saturated carbocycles.